The fraction of sp³-hybridized carbons (Fsp3) is 0.385. The van der Waals surface area contributed by atoms with E-state index in [2.05, 4.69) is 6.92 Å². The van der Waals surface area contributed by atoms with Gasteiger partial charge in [-0.25, -0.2) is 9.29 Å². The van der Waals surface area contributed by atoms with Crippen LogP contribution in [0.2, 0.25) is 0 Å². The molecule has 34 heavy (non-hydrogen) atoms. The normalized spacial score (nSPS) is 26.7. The number of imide groups is 1. The largest absolute Gasteiger partial charge is 0.426 e. The van der Waals surface area contributed by atoms with Gasteiger partial charge in [0, 0.05) is 24.7 Å². The summed E-state index contributed by atoms with van der Waals surface area (Å²) in [5, 5.41) is 0. The third-order valence-electron chi connectivity index (χ3n) is 7.08. The van der Waals surface area contributed by atoms with Gasteiger partial charge in [-0.1, -0.05) is 13.0 Å². The SMILES string of the molecule is C[C@@H]1CC[C@@H]2C(=O)N(c3cccc(OC(=O)[C@H]4CC(=O)N(c5ccc(F)cc5)C4)c3)C(=O)[C@H]2C1. The highest BCUT2D eigenvalue weighted by molar-refractivity contribution is 6.22. The Labute approximate surface area is 196 Å². The Morgan fingerprint density at radius 2 is 1.71 bits per heavy atom. The molecule has 2 aromatic carbocycles. The molecule has 2 saturated heterocycles. The molecular formula is C26H25FN2O5. The lowest BCUT2D eigenvalue weighted by atomic mass is 9.76. The second-order valence-corrected chi connectivity index (χ2v) is 9.44. The van der Waals surface area contributed by atoms with Crippen LogP contribution in [0, 0.1) is 29.5 Å². The molecule has 0 spiro atoms. The maximum atomic E-state index is 13.2. The van der Waals surface area contributed by atoms with Crippen LogP contribution < -0.4 is 14.5 Å². The molecule has 8 heteroatoms. The van der Waals surface area contributed by atoms with Crippen LogP contribution in [0.4, 0.5) is 15.8 Å². The van der Waals surface area contributed by atoms with Crippen molar-refractivity contribution in [1.82, 2.24) is 0 Å². The van der Waals surface area contributed by atoms with Crippen molar-refractivity contribution >= 4 is 35.1 Å². The van der Waals surface area contributed by atoms with E-state index in [1.54, 1.807) is 18.2 Å². The van der Waals surface area contributed by atoms with Crippen molar-refractivity contribution in [2.75, 3.05) is 16.3 Å². The van der Waals surface area contributed by atoms with Gasteiger partial charge < -0.3 is 9.64 Å². The summed E-state index contributed by atoms with van der Waals surface area (Å²) >= 11 is 0. The molecule has 2 heterocycles. The predicted molar refractivity (Wildman–Crippen MR) is 121 cm³/mol. The van der Waals surface area contributed by atoms with E-state index in [0.717, 1.165) is 6.42 Å². The highest BCUT2D eigenvalue weighted by atomic mass is 19.1. The zero-order valence-electron chi connectivity index (χ0n) is 18.8. The van der Waals surface area contributed by atoms with E-state index >= 15 is 0 Å². The minimum Gasteiger partial charge on any atom is -0.426 e. The molecule has 7 nitrogen and oxygen atoms in total. The number of nitrogens with zero attached hydrogens (tertiary/aromatic N) is 2. The van der Waals surface area contributed by atoms with Gasteiger partial charge in [-0.15, -0.1) is 0 Å². The smallest absolute Gasteiger partial charge is 0.316 e. The number of carbonyl (C=O) groups excluding carboxylic acids is 4. The Balaban J connectivity index is 1.28. The number of rotatable bonds is 4. The molecule has 5 rings (SSSR count). The quantitative estimate of drug-likeness (QED) is 0.391. The van der Waals surface area contributed by atoms with E-state index < -0.39 is 17.7 Å². The van der Waals surface area contributed by atoms with Crippen LogP contribution in [-0.4, -0.2) is 30.2 Å². The van der Waals surface area contributed by atoms with E-state index in [9.17, 15) is 23.6 Å². The third-order valence-corrected chi connectivity index (χ3v) is 7.08. The van der Waals surface area contributed by atoms with Crippen LogP contribution >= 0.6 is 0 Å². The van der Waals surface area contributed by atoms with Gasteiger partial charge in [0.25, 0.3) is 0 Å². The minimum absolute atomic E-state index is 0.0134. The van der Waals surface area contributed by atoms with Crippen LogP contribution in [0.3, 0.4) is 0 Å². The average molecular weight is 464 g/mol. The van der Waals surface area contributed by atoms with Crippen molar-refractivity contribution in [3.05, 3.63) is 54.3 Å². The molecule has 3 fully saturated rings. The van der Waals surface area contributed by atoms with Crippen molar-refractivity contribution in [2.45, 2.75) is 32.6 Å². The van der Waals surface area contributed by atoms with Gasteiger partial charge in [-0.2, -0.15) is 0 Å². The van der Waals surface area contributed by atoms with Gasteiger partial charge in [0.15, 0.2) is 0 Å². The average Bonchev–Trinajstić information content (AvgIpc) is 3.32. The molecule has 2 aliphatic heterocycles. The zero-order chi connectivity index (χ0) is 24.0. The summed E-state index contributed by atoms with van der Waals surface area (Å²) in [6.45, 7) is 2.23. The molecule has 2 aromatic rings. The Hall–Kier alpha value is -3.55. The second kappa shape index (κ2) is 8.66. The number of fused-ring (bicyclic) bond motifs is 1. The molecule has 0 radical (unpaired) electrons. The number of ether oxygens (including phenoxy) is 1. The monoisotopic (exact) mass is 464 g/mol. The first kappa shape index (κ1) is 22.3. The lowest BCUT2D eigenvalue weighted by molar-refractivity contribution is -0.139. The number of amides is 3. The van der Waals surface area contributed by atoms with Crippen molar-refractivity contribution in [3.63, 3.8) is 0 Å². The van der Waals surface area contributed by atoms with E-state index in [1.807, 2.05) is 0 Å². The molecule has 0 unspecified atom stereocenters. The lowest BCUT2D eigenvalue weighted by Crippen LogP contribution is -2.31. The Kier molecular flexibility index (Phi) is 5.67. The maximum absolute atomic E-state index is 13.2. The van der Waals surface area contributed by atoms with Gasteiger partial charge in [0.2, 0.25) is 17.7 Å². The minimum atomic E-state index is -0.680. The summed E-state index contributed by atoms with van der Waals surface area (Å²) in [4.78, 5) is 53.8. The van der Waals surface area contributed by atoms with Crippen LogP contribution in [0.25, 0.3) is 0 Å². The van der Waals surface area contributed by atoms with Crippen LogP contribution in [0.1, 0.15) is 32.6 Å². The van der Waals surface area contributed by atoms with Crippen molar-refractivity contribution in [2.24, 2.45) is 23.7 Å². The van der Waals surface area contributed by atoms with Gasteiger partial charge in [-0.05, 0) is 61.6 Å². The molecule has 0 bridgehead atoms. The van der Waals surface area contributed by atoms with E-state index in [4.69, 9.17) is 4.74 Å². The third kappa shape index (κ3) is 3.97. The standard InChI is InChI=1S/C26H25FN2O5/c1-15-5-10-21-22(11-15)25(32)29(24(21)31)19-3-2-4-20(13-19)34-26(33)16-12-23(30)28(14-16)18-8-6-17(27)7-9-18/h2-4,6-9,13,15-16,21-22H,5,10-12,14H2,1H3/t15-,16+,21+,22+/m1/s1. The van der Waals surface area contributed by atoms with Crippen molar-refractivity contribution in [1.29, 1.82) is 0 Å². The number of benzene rings is 2. The summed E-state index contributed by atoms with van der Waals surface area (Å²) in [5.41, 5.74) is 0.906. The molecule has 1 saturated carbocycles. The van der Waals surface area contributed by atoms with Gasteiger partial charge in [0.05, 0.1) is 23.4 Å². The summed E-state index contributed by atoms with van der Waals surface area (Å²) in [6, 6.07) is 11.9. The number of anilines is 2. The first-order chi connectivity index (χ1) is 16.3. The Morgan fingerprint density at radius 1 is 0.971 bits per heavy atom. The maximum Gasteiger partial charge on any atom is 0.316 e. The lowest BCUT2D eigenvalue weighted by Gasteiger charge is -2.25. The molecular weight excluding hydrogens is 439 g/mol. The molecule has 176 valence electrons. The summed E-state index contributed by atoms with van der Waals surface area (Å²) in [6.07, 6.45) is 2.34. The second-order valence-electron chi connectivity index (χ2n) is 9.44. The topological polar surface area (TPSA) is 84.0 Å². The van der Waals surface area contributed by atoms with Crippen molar-refractivity contribution < 1.29 is 28.3 Å². The molecule has 3 amide bonds. The van der Waals surface area contributed by atoms with Gasteiger partial charge >= 0.3 is 5.97 Å². The molecule has 0 N–H and O–H groups in total. The van der Waals surface area contributed by atoms with E-state index in [-0.39, 0.29) is 48.3 Å². The number of halogens is 1. The number of carbonyl (C=O) groups is 4. The predicted octanol–water partition coefficient (Wildman–Crippen LogP) is 3.71. The molecule has 1 aliphatic carbocycles. The summed E-state index contributed by atoms with van der Waals surface area (Å²) < 4.78 is 18.7. The van der Waals surface area contributed by atoms with Crippen molar-refractivity contribution in [3.8, 4) is 5.75 Å². The first-order valence-corrected chi connectivity index (χ1v) is 11.6. The number of hydrogen-bond donors (Lipinski definition) is 0. The fourth-order valence-electron chi connectivity index (χ4n) is 5.27. The van der Waals surface area contributed by atoms with Gasteiger partial charge in [0.1, 0.15) is 11.6 Å². The number of hydrogen-bond acceptors (Lipinski definition) is 5. The zero-order valence-corrected chi connectivity index (χ0v) is 18.8. The highest BCUT2D eigenvalue weighted by Gasteiger charge is 2.50. The van der Waals surface area contributed by atoms with E-state index in [0.29, 0.717) is 30.1 Å². The van der Waals surface area contributed by atoms with Crippen LogP contribution in [0.15, 0.2) is 48.5 Å². The van der Waals surface area contributed by atoms with Crippen LogP contribution in [0.5, 0.6) is 5.75 Å². The molecule has 3 aliphatic rings. The number of esters is 1. The Morgan fingerprint density at radius 3 is 2.47 bits per heavy atom. The highest BCUT2D eigenvalue weighted by Crippen LogP contribution is 2.42. The first-order valence-electron chi connectivity index (χ1n) is 11.6. The fourth-order valence-corrected chi connectivity index (χ4v) is 5.27. The Bertz CT molecular complexity index is 1160. The molecule has 0 aromatic heterocycles. The van der Waals surface area contributed by atoms with E-state index in [1.165, 1.54) is 40.1 Å². The van der Waals surface area contributed by atoms with Crippen LogP contribution in [-0.2, 0) is 19.2 Å². The summed E-state index contributed by atoms with van der Waals surface area (Å²) in [7, 11) is 0. The summed E-state index contributed by atoms with van der Waals surface area (Å²) in [5.74, 6) is -2.24. The van der Waals surface area contributed by atoms with Gasteiger partial charge in [-0.3, -0.25) is 19.2 Å². The molecule has 4 atom stereocenters.